The molecule has 0 radical (unpaired) electrons. The van der Waals surface area contributed by atoms with Gasteiger partial charge in [-0.1, -0.05) is 28.1 Å². The number of halogens is 1. The van der Waals surface area contributed by atoms with Gasteiger partial charge in [0, 0.05) is 18.1 Å². The lowest BCUT2D eigenvalue weighted by Crippen LogP contribution is -2.18. The molecule has 2 aromatic rings. The average Bonchev–Trinajstić information content (AvgIpc) is 2.35. The summed E-state index contributed by atoms with van der Waals surface area (Å²) in [6.07, 6.45) is 0. The monoisotopic (exact) mass is 332 g/mol. The Kier molecular flexibility index (Phi) is 4.39. The Morgan fingerprint density at radius 3 is 2.30 bits per heavy atom. The van der Waals surface area contributed by atoms with Gasteiger partial charge in [-0.15, -0.1) is 0 Å². The van der Waals surface area contributed by atoms with Crippen molar-refractivity contribution in [2.24, 2.45) is 0 Å². The highest BCUT2D eigenvalue weighted by molar-refractivity contribution is 9.10. The Labute approximate surface area is 129 Å². The highest BCUT2D eigenvalue weighted by Crippen LogP contribution is 2.27. The van der Waals surface area contributed by atoms with Gasteiger partial charge in [0.1, 0.15) is 0 Å². The van der Waals surface area contributed by atoms with Crippen LogP contribution in [0.3, 0.4) is 0 Å². The van der Waals surface area contributed by atoms with Crippen LogP contribution in [-0.2, 0) is 6.54 Å². The lowest BCUT2D eigenvalue weighted by molar-refractivity contribution is 0.912. The van der Waals surface area contributed by atoms with E-state index in [4.69, 9.17) is 5.73 Å². The molecule has 106 valence electrons. The fourth-order valence-corrected chi connectivity index (χ4v) is 2.78. The number of anilines is 2. The third kappa shape index (κ3) is 3.15. The third-order valence-electron chi connectivity index (χ3n) is 3.76. The van der Waals surface area contributed by atoms with Gasteiger partial charge >= 0.3 is 0 Å². The maximum absolute atomic E-state index is 6.10. The van der Waals surface area contributed by atoms with E-state index in [0.717, 1.165) is 22.4 Å². The first-order valence-electron chi connectivity index (χ1n) is 6.71. The topological polar surface area (TPSA) is 29.3 Å². The largest absolute Gasteiger partial charge is 0.397 e. The minimum atomic E-state index is 0.795. The van der Waals surface area contributed by atoms with E-state index in [9.17, 15) is 0 Å². The first kappa shape index (κ1) is 14.9. The van der Waals surface area contributed by atoms with E-state index in [1.54, 1.807) is 0 Å². The van der Waals surface area contributed by atoms with E-state index < -0.39 is 0 Å². The molecular formula is C17H21BrN2. The standard InChI is InChI=1S/C17H21BrN2/c1-11-7-13(3)14(8-12(11)2)10-20(4)17-6-5-15(18)9-16(17)19/h5-9H,10,19H2,1-4H3. The maximum atomic E-state index is 6.10. The second-order valence-corrected chi connectivity index (χ2v) is 6.34. The number of benzene rings is 2. The van der Waals surface area contributed by atoms with Gasteiger partial charge in [-0.25, -0.2) is 0 Å². The number of hydrogen-bond donors (Lipinski definition) is 1. The predicted molar refractivity (Wildman–Crippen MR) is 91.3 cm³/mol. The third-order valence-corrected chi connectivity index (χ3v) is 4.25. The van der Waals surface area contributed by atoms with Gasteiger partial charge in [0.2, 0.25) is 0 Å². The minimum absolute atomic E-state index is 0.795. The van der Waals surface area contributed by atoms with E-state index in [2.05, 4.69) is 66.8 Å². The van der Waals surface area contributed by atoms with Crippen LogP contribution in [0.4, 0.5) is 11.4 Å². The number of nitrogen functional groups attached to an aromatic ring is 1. The Bertz CT molecular complexity index is 635. The van der Waals surface area contributed by atoms with Crippen molar-refractivity contribution in [1.29, 1.82) is 0 Å². The highest BCUT2D eigenvalue weighted by Gasteiger charge is 2.09. The fourth-order valence-electron chi connectivity index (χ4n) is 2.40. The summed E-state index contributed by atoms with van der Waals surface area (Å²) in [5, 5.41) is 0. The molecule has 0 aliphatic rings. The minimum Gasteiger partial charge on any atom is -0.397 e. The molecule has 0 aliphatic heterocycles. The van der Waals surface area contributed by atoms with Crippen molar-refractivity contribution < 1.29 is 0 Å². The van der Waals surface area contributed by atoms with Gasteiger partial charge < -0.3 is 10.6 Å². The predicted octanol–water partition coefficient (Wildman–Crippen LogP) is 4.59. The van der Waals surface area contributed by atoms with Crippen molar-refractivity contribution in [3.05, 3.63) is 57.1 Å². The van der Waals surface area contributed by atoms with Crippen molar-refractivity contribution in [3.8, 4) is 0 Å². The zero-order chi connectivity index (χ0) is 14.9. The molecule has 0 saturated carbocycles. The van der Waals surface area contributed by atoms with Crippen LogP contribution in [0.25, 0.3) is 0 Å². The molecule has 0 atom stereocenters. The van der Waals surface area contributed by atoms with Crippen molar-refractivity contribution in [1.82, 2.24) is 0 Å². The second kappa shape index (κ2) is 5.88. The molecule has 0 aromatic heterocycles. The number of hydrogen-bond acceptors (Lipinski definition) is 2. The van der Waals surface area contributed by atoms with Gasteiger partial charge in [-0.05, 0) is 61.2 Å². The smallest absolute Gasteiger partial charge is 0.0601 e. The first-order valence-corrected chi connectivity index (χ1v) is 7.50. The van der Waals surface area contributed by atoms with Gasteiger partial charge in [-0.3, -0.25) is 0 Å². The molecule has 3 heteroatoms. The maximum Gasteiger partial charge on any atom is 0.0601 e. The molecule has 2 nitrogen and oxygen atoms in total. The van der Waals surface area contributed by atoms with Crippen LogP contribution < -0.4 is 10.6 Å². The Balaban J connectivity index is 2.27. The molecule has 2 aromatic carbocycles. The molecule has 0 spiro atoms. The molecular weight excluding hydrogens is 312 g/mol. The van der Waals surface area contributed by atoms with Crippen LogP contribution in [0, 0.1) is 20.8 Å². The second-order valence-electron chi connectivity index (χ2n) is 5.42. The summed E-state index contributed by atoms with van der Waals surface area (Å²) in [5.74, 6) is 0. The first-order chi connectivity index (χ1) is 9.38. The van der Waals surface area contributed by atoms with Gasteiger partial charge in [-0.2, -0.15) is 0 Å². The van der Waals surface area contributed by atoms with E-state index >= 15 is 0 Å². The summed E-state index contributed by atoms with van der Waals surface area (Å²) in [4.78, 5) is 2.19. The molecule has 0 saturated heterocycles. The van der Waals surface area contributed by atoms with Crippen LogP contribution in [0.5, 0.6) is 0 Å². The van der Waals surface area contributed by atoms with E-state index in [0.29, 0.717) is 0 Å². The van der Waals surface area contributed by atoms with Crippen LogP contribution in [-0.4, -0.2) is 7.05 Å². The van der Waals surface area contributed by atoms with Crippen molar-refractivity contribution in [3.63, 3.8) is 0 Å². The van der Waals surface area contributed by atoms with E-state index in [1.165, 1.54) is 22.3 Å². The van der Waals surface area contributed by atoms with Crippen molar-refractivity contribution >= 4 is 27.3 Å². The van der Waals surface area contributed by atoms with Gasteiger partial charge in [0.05, 0.1) is 11.4 Å². The number of nitrogens with zero attached hydrogens (tertiary/aromatic N) is 1. The molecule has 2 N–H and O–H groups in total. The van der Waals surface area contributed by atoms with Crippen LogP contribution >= 0.6 is 15.9 Å². The molecule has 0 fully saturated rings. The van der Waals surface area contributed by atoms with Crippen LogP contribution in [0.1, 0.15) is 22.3 Å². The van der Waals surface area contributed by atoms with E-state index in [-0.39, 0.29) is 0 Å². The summed E-state index contributed by atoms with van der Waals surface area (Å²) in [6.45, 7) is 7.34. The van der Waals surface area contributed by atoms with Gasteiger partial charge in [0.25, 0.3) is 0 Å². The Morgan fingerprint density at radius 2 is 1.65 bits per heavy atom. The van der Waals surface area contributed by atoms with Crippen LogP contribution in [0.15, 0.2) is 34.8 Å². The molecule has 2 rings (SSSR count). The fraction of sp³-hybridized carbons (Fsp3) is 0.294. The normalized spacial score (nSPS) is 10.7. The molecule has 0 amide bonds. The highest BCUT2D eigenvalue weighted by atomic mass is 79.9. The number of nitrogens with two attached hydrogens (primary N) is 1. The Morgan fingerprint density at radius 1 is 1.00 bits per heavy atom. The lowest BCUT2D eigenvalue weighted by Gasteiger charge is -2.23. The SMILES string of the molecule is Cc1cc(C)c(CN(C)c2ccc(Br)cc2N)cc1C. The number of rotatable bonds is 3. The van der Waals surface area contributed by atoms with Crippen molar-refractivity contribution in [2.75, 3.05) is 17.7 Å². The quantitative estimate of drug-likeness (QED) is 0.832. The zero-order valence-corrected chi connectivity index (χ0v) is 14.1. The van der Waals surface area contributed by atoms with Gasteiger partial charge in [0.15, 0.2) is 0 Å². The summed E-state index contributed by atoms with van der Waals surface area (Å²) in [5.41, 5.74) is 13.3. The Hall–Kier alpha value is -1.48. The lowest BCUT2D eigenvalue weighted by atomic mass is 10.0. The number of aryl methyl sites for hydroxylation is 3. The molecule has 20 heavy (non-hydrogen) atoms. The summed E-state index contributed by atoms with van der Waals surface area (Å²) in [7, 11) is 2.08. The summed E-state index contributed by atoms with van der Waals surface area (Å²) >= 11 is 3.44. The van der Waals surface area contributed by atoms with Crippen molar-refractivity contribution in [2.45, 2.75) is 27.3 Å². The van der Waals surface area contributed by atoms with Crippen LogP contribution in [0.2, 0.25) is 0 Å². The molecule has 0 heterocycles. The molecule has 0 bridgehead atoms. The summed E-state index contributed by atoms with van der Waals surface area (Å²) < 4.78 is 1.01. The zero-order valence-electron chi connectivity index (χ0n) is 12.5. The molecule has 0 aliphatic carbocycles. The average molecular weight is 333 g/mol. The summed E-state index contributed by atoms with van der Waals surface area (Å²) in [6, 6.07) is 10.5. The molecule has 0 unspecified atom stereocenters. The van der Waals surface area contributed by atoms with E-state index in [1.807, 2.05) is 12.1 Å².